The predicted octanol–water partition coefficient (Wildman–Crippen LogP) is 1.24. The van der Waals surface area contributed by atoms with E-state index in [1.54, 1.807) is 6.08 Å². The molecule has 84 valence electrons. The minimum Gasteiger partial charge on any atom is -0.399 e. The highest BCUT2D eigenvalue weighted by atomic mass is 19.3. The van der Waals surface area contributed by atoms with Crippen LogP contribution in [0, 0.1) is 11.8 Å². The Labute approximate surface area is 89.2 Å². The monoisotopic (exact) mass is 227 g/mol. The van der Waals surface area contributed by atoms with Crippen LogP contribution in [-0.2, 0) is 14.3 Å². The highest BCUT2D eigenvalue weighted by molar-refractivity contribution is 5.84. The number of rotatable bonds is 0. The summed E-state index contributed by atoms with van der Waals surface area (Å²) >= 11 is 0. The normalized spacial score (nSPS) is 33.8. The van der Waals surface area contributed by atoms with Crippen molar-refractivity contribution in [2.45, 2.75) is 6.29 Å². The van der Waals surface area contributed by atoms with Gasteiger partial charge in [-0.25, -0.2) is 0 Å². The number of fused-ring (bicyclic) bond motifs is 2. The number of halogens is 2. The number of hydrogen-bond donors (Lipinski definition) is 1. The average molecular weight is 227 g/mol. The molecule has 3 rings (SSSR count). The second kappa shape index (κ2) is 2.84. The molecule has 2 aliphatic heterocycles. The Balaban J connectivity index is 1.99. The van der Waals surface area contributed by atoms with E-state index in [2.05, 4.69) is 14.8 Å². The molecule has 0 spiro atoms. The van der Waals surface area contributed by atoms with E-state index in [1.807, 2.05) is 0 Å². The van der Waals surface area contributed by atoms with Crippen molar-refractivity contribution >= 4 is 5.91 Å². The number of allylic oxidation sites excluding steroid dienone is 2. The SMILES string of the molecule is O=C1NC=CC2C3=C(C=CC12)OC(F)(F)O3. The summed E-state index contributed by atoms with van der Waals surface area (Å²) < 4.78 is 34.4. The summed E-state index contributed by atoms with van der Waals surface area (Å²) in [6.45, 7) is 0. The second-order valence-electron chi connectivity index (χ2n) is 3.67. The van der Waals surface area contributed by atoms with Crippen molar-refractivity contribution in [3.63, 3.8) is 0 Å². The van der Waals surface area contributed by atoms with Crippen LogP contribution < -0.4 is 5.32 Å². The largest absolute Gasteiger partial charge is 0.585 e. The maximum atomic E-state index is 12.9. The van der Waals surface area contributed by atoms with E-state index in [4.69, 9.17) is 0 Å². The summed E-state index contributed by atoms with van der Waals surface area (Å²) in [5.74, 6) is -1.26. The Hall–Kier alpha value is -1.85. The first-order valence-electron chi connectivity index (χ1n) is 4.72. The Morgan fingerprint density at radius 3 is 2.88 bits per heavy atom. The van der Waals surface area contributed by atoms with Crippen LogP contribution in [0.1, 0.15) is 0 Å². The van der Waals surface area contributed by atoms with Crippen LogP contribution in [0.2, 0.25) is 0 Å². The number of carbonyl (C=O) groups is 1. The highest BCUT2D eigenvalue weighted by Gasteiger charge is 2.49. The van der Waals surface area contributed by atoms with Gasteiger partial charge in [-0.2, -0.15) is 0 Å². The van der Waals surface area contributed by atoms with Crippen molar-refractivity contribution in [2.24, 2.45) is 11.8 Å². The molecule has 4 nitrogen and oxygen atoms in total. The summed E-state index contributed by atoms with van der Waals surface area (Å²) in [4.78, 5) is 11.5. The smallest absolute Gasteiger partial charge is 0.399 e. The van der Waals surface area contributed by atoms with Gasteiger partial charge in [0.15, 0.2) is 11.5 Å². The Bertz CT molecular complexity index is 453. The first-order chi connectivity index (χ1) is 7.57. The molecule has 1 amide bonds. The molecule has 0 aromatic carbocycles. The van der Waals surface area contributed by atoms with Crippen molar-refractivity contribution in [3.05, 3.63) is 35.9 Å². The minimum atomic E-state index is -3.63. The number of ether oxygens (including phenoxy) is 2. The summed E-state index contributed by atoms with van der Waals surface area (Å²) in [6.07, 6.45) is 2.28. The van der Waals surface area contributed by atoms with Gasteiger partial charge in [-0.3, -0.25) is 4.79 Å². The molecule has 2 atom stereocenters. The zero-order chi connectivity index (χ0) is 11.3. The number of nitrogens with one attached hydrogen (secondary N) is 1. The fourth-order valence-corrected chi connectivity index (χ4v) is 1.99. The predicted molar refractivity (Wildman–Crippen MR) is 47.5 cm³/mol. The number of carbonyl (C=O) groups excluding carboxylic acids is 1. The van der Waals surface area contributed by atoms with Gasteiger partial charge in [0.1, 0.15) is 0 Å². The first-order valence-corrected chi connectivity index (χ1v) is 4.72. The van der Waals surface area contributed by atoms with Gasteiger partial charge in [0, 0.05) is 6.20 Å². The van der Waals surface area contributed by atoms with Crippen LogP contribution >= 0.6 is 0 Å². The average Bonchev–Trinajstić information content (AvgIpc) is 2.53. The molecular weight excluding hydrogens is 220 g/mol. The molecule has 1 N–H and O–H groups in total. The third-order valence-electron chi connectivity index (χ3n) is 2.68. The lowest BCUT2D eigenvalue weighted by Gasteiger charge is -2.26. The molecule has 2 unspecified atom stereocenters. The van der Waals surface area contributed by atoms with Crippen LogP contribution in [0.25, 0.3) is 0 Å². The maximum absolute atomic E-state index is 12.9. The summed E-state index contributed by atoms with van der Waals surface area (Å²) in [5, 5.41) is 2.50. The lowest BCUT2D eigenvalue weighted by atomic mass is 9.84. The number of hydrogen-bond acceptors (Lipinski definition) is 3. The molecule has 3 aliphatic rings. The molecule has 0 bridgehead atoms. The van der Waals surface area contributed by atoms with E-state index in [-0.39, 0.29) is 17.4 Å². The van der Waals surface area contributed by atoms with Crippen molar-refractivity contribution in [3.8, 4) is 0 Å². The third-order valence-corrected chi connectivity index (χ3v) is 2.68. The Morgan fingerprint density at radius 1 is 1.25 bits per heavy atom. The molecule has 16 heavy (non-hydrogen) atoms. The van der Waals surface area contributed by atoms with E-state index < -0.39 is 18.1 Å². The Kier molecular flexibility index (Phi) is 1.66. The molecular formula is C10H7F2NO3. The molecule has 0 radical (unpaired) electrons. The zero-order valence-corrected chi connectivity index (χ0v) is 7.94. The third kappa shape index (κ3) is 1.22. The summed E-state index contributed by atoms with van der Waals surface area (Å²) in [7, 11) is 0. The van der Waals surface area contributed by atoms with Crippen LogP contribution in [-0.4, -0.2) is 12.2 Å². The molecule has 1 aliphatic carbocycles. The fourth-order valence-electron chi connectivity index (χ4n) is 1.99. The standard InChI is InChI=1S/C10H7F2NO3/c11-10(12)15-7-2-1-6-5(8(7)16-10)3-4-13-9(6)14/h1-6H,(H,13,14). The van der Waals surface area contributed by atoms with E-state index >= 15 is 0 Å². The van der Waals surface area contributed by atoms with Gasteiger partial charge in [0.05, 0.1) is 11.8 Å². The van der Waals surface area contributed by atoms with E-state index in [1.165, 1.54) is 18.4 Å². The van der Waals surface area contributed by atoms with Crippen LogP contribution in [0.4, 0.5) is 8.78 Å². The Morgan fingerprint density at radius 2 is 2.06 bits per heavy atom. The molecule has 0 aromatic rings. The van der Waals surface area contributed by atoms with E-state index in [0.717, 1.165) is 0 Å². The van der Waals surface area contributed by atoms with E-state index in [0.29, 0.717) is 0 Å². The zero-order valence-electron chi connectivity index (χ0n) is 7.94. The highest BCUT2D eigenvalue weighted by Crippen LogP contribution is 2.43. The van der Waals surface area contributed by atoms with Gasteiger partial charge in [-0.1, -0.05) is 12.2 Å². The number of alkyl halides is 2. The maximum Gasteiger partial charge on any atom is 0.585 e. The molecule has 0 aromatic heterocycles. The van der Waals surface area contributed by atoms with Crippen LogP contribution in [0.15, 0.2) is 35.9 Å². The van der Waals surface area contributed by atoms with Gasteiger partial charge in [-0.15, -0.1) is 8.78 Å². The van der Waals surface area contributed by atoms with Crippen molar-refractivity contribution in [2.75, 3.05) is 0 Å². The molecule has 2 heterocycles. The summed E-state index contributed by atoms with van der Waals surface area (Å²) in [6, 6.07) is 0. The van der Waals surface area contributed by atoms with Gasteiger partial charge < -0.3 is 14.8 Å². The number of amides is 1. The fraction of sp³-hybridized carbons (Fsp3) is 0.300. The molecule has 0 saturated heterocycles. The second-order valence-corrected chi connectivity index (χ2v) is 3.67. The van der Waals surface area contributed by atoms with Gasteiger partial charge in [0.25, 0.3) is 0 Å². The topological polar surface area (TPSA) is 47.6 Å². The quantitative estimate of drug-likeness (QED) is 0.677. The van der Waals surface area contributed by atoms with Gasteiger partial charge in [-0.05, 0) is 6.08 Å². The summed E-state index contributed by atoms with van der Waals surface area (Å²) in [5.41, 5.74) is 0. The van der Waals surface area contributed by atoms with Crippen molar-refractivity contribution < 1.29 is 23.0 Å². The van der Waals surface area contributed by atoms with Gasteiger partial charge in [0.2, 0.25) is 5.91 Å². The minimum absolute atomic E-state index is 0.00870. The molecule has 0 fully saturated rings. The molecule has 6 heteroatoms. The lowest BCUT2D eigenvalue weighted by Crippen LogP contribution is -2.36. The van der Waals surface area contributed by atoms with Crippen molar-refractivity contribution in [1.29, 1.82) is 0 Å². The van der Waals surface area contributed by atoms with Crippen LogP contribution in [0.5, 0.6) is 0 Å². The van der Waals surface area contributed by atoms with Crippen molar-refractivity contribution in [1.82, 2.24) is 5.32 Å². The van der Waals surface area contributed by atoms with Crippen LogP contribution in [0.3, 0.4) is 0 Å². The lowest BCUT2D eigenvalue weighted by molar-refractivity contribution is -0.337. The van der Waals surface area contributed by atoms with E-state index in [9.17, 15) is 13.6 Å². The van der Waals surface area contributed by atoms with Gasteiger partial charge >= 0.3 is 6.29 Å². The molecule has 0 saturated carbocycles. The first kappa shape index (κ1) is 9.38.